The van der Waals surface area contributed by atoms with Crippen molar-refractivity contribution in [1.29, 1.82) is 0 Å². The second-order valence-electron chi connectivity index (χ2n) is 5.25. The van der Waals surface area contributed by atoms with Crippen molar-refractivity contribution in [3.05, 3.63) is 24.8 Å². The summed E-state index contributed by atoms with van der Waals surface area (Å²) in [5, 5.41) is 0. The Morgan fingerprint density at radius 3 is 1.93 bits per heavy atom. The highest BCUT2D eigenvalue weighted by Crippen LogP contribution is 2.61. The Bertz CT molecular complexity index is 273. The summed E-state index contributed by atoms with van der Waals surface area (Å²) in [5.74, 6) is 0.590. The van der Waals surface area contributed by atoms with Gasteiger partial charge in [-0.3, -0.25) is 0 Å². The first-order chi connectivity index (χ1) is 6.21. The SMILES string of the molecule is C=CC(C)(C(C)C)[C@@]1(C)C=CC1(C)Br. The Hall–Kier alpha value is -0.0400. The van der Waals surface area contributed by atoms with Crippen LogP contribution in [0.3, 0.4) is 0 Å². The van der Waals surface area contributed by atoms with Crippen molar-refractivity contribution in [2.45, 2.75) is 38.9 Å². The lowest BCUT2D eigenvalue weighted by Gasteiger charge is -2.57. The monoisotopic (exact) mass is 256 g/mol. The molecule has 1 aliphatic rings. The average Bonchev–Trinajstić information content (AvgIpc) is 2.13. The minimum absolute atomic E-state index is 0.104. The molecular formula is C13H21Br. The van der Waals surface area contributed by atoms with Crippen LogP contribution >= 0.6 is 15.9 Å². The smallest absolute Gasteiger partial charge is 0.0505 e. The molecular weight excluding hydrogens is 236 g/mol. The maximum Gasteiger partial charge on any atom is 0.0505 e. The summed E-state index contributed by atoms with van der Waals surface area (Å²) < 4.78 is 0.104. The van der Waals surface area contributed by atoms with Gasteiger partial charge in [0, 0.05) is 5.41 Å². The topological polar surface area (TPSA) is 0 Å². The molecule has 0 nitrogen and oxygen atoms in total. The Morgan fingerprint density at radius 2 is 1.86 bits per heavy atom. The van der Waals surface area contributed by atoms with Gasteiger partial charge in [-0.25, -0.2) is 0 Å². The maximum atomic E-state index is 4.01. The Morgan fingerprint density at radius 1 is 1.36 bits per heavy atom. The van der Waals surface area contributed by atoms with Crippen LogP contribution in [0, 0.1) is 16.7 Å². The molecule has 14 heavy (non-hydrogen) atoms. The predicted octanol–water partition coefficient (Wildman–Crippen LogP) is 4.56. The molecule has 0 saturated heterocycles. The lowest BCUT2D eigenvalue weighted by Crippen LogP contribution is -2.54. The highest BCUT2D eigenvalue weighted by Gasteiger charge is 2.56. The number of hydrogen-bond donors (Lipinski definition) is 0. The summed E-state index contributed by atoms with van der Waals surface area (Å²) in [7, 11) is 0. The van der Waals surface area contributed by atoms with Crippen molar-refractivity contribution < 1.29 is 0 Å². The van der Waals surface area contributed by atoms with Gasteiger partial charge >= 0.3 is 0 Å². The van der Waals surface area contributed by atoms with Crippen LogP contribution in [-0.2, 0) is 0 Å². The summed E-state index contributed by atoms with van der Waals surface area (Å²) >= 11 is 3.80. The number of rotatable bonds is 3. The minimum Gasteiger partial charge on any atom is -0.102 e. The third kappa shape index (κ3) is 1.25. The zero-order valence-corrected chi connectivity index (χ0v) is 11.5. The van der Waals surface area contributed by atoms with Crippen molar-refractivity contribution in [3.63, 3.8) is 0 Å². The summed E-state index contributed by atoms with van der Waals surface area (Å²) in [6.07, 6.45) is 6.65. The molecule has 0 fully saturated rings. The summed E-state index contributed by atoms with van der Waals surface area (Å²) in [6.45, 7) is 15.4. The third-order valence-corrected chi connectivity index (χ3v) is 5.58. The molecule has 0 amide bonds. The van der Waals surface area contributed by atoms with Crippen molar-refractivity contribution in [2.75, 3.05) is 0 Å². The molecule has 0 aromatic heterocycles. The molecule has 0 spiro atoms. The van der Waals surface area contributed by atoms with E-state index in [9.17, 15) is 0 Å². The quantitative estimate of drug-likeness (QED) is 0.513. The van der Waals surface area contributed by atoms with Crippen LogP contribution < -0.4 is 0 Å². The third-order valence-electron chi connectivity index (χ3n) is 4.49. The van der Waals surface area contributed by atoms with Gasteiger partial charge in [-0.1, -0.05) is 61.9 Å². The lowest BCUT2D eigenvalue weighted by molar-refractivity contribution is 0.0807. The predicted molar refractivity (Wildman–Crippen MR) is 67.7 cm³/mol. The fourth-order valence-corrected chi connectivity index (χ4v) is 3.01. The standard InChI is InChI=1S/C13H21Br/c1-7-11(4,10(2)3)12(5)8-9-13(12,6)14/h7-10H,1H2,2-6H3/t11?,12-,13?/m1/s1. The molecule has 0 N–H and O–H groups in total. The molecule has 0 heterocycles. The molecule has 3 atom stereocenters. The number of halogens is 1. The van der Waals surface area contributed by atoms with Gasteiger partial charge in [-0.2, -0.15) is 0 Å². The van der Waals surface area contributed by atoms with E-state index < -0.39 is 0 Å². The molecule has 0 bridgehead atoms. The Labute approximate surface area is 96.6 Å². The van der Waals surface area contributed by atoms with E-state index in [0.717, 1.165) is 0 Å². The fraction of sp³-hybridized carbons (Fsp3) is 0.692. The molecule has 1 rings (SSSR count). The number of alkyl halides is 1. The zero-order chi connectivity index (χ0) is 11.2. The maximum absolute atomic E-state index is 4.01. The van der Waals surface area contributed by atoms with Gasteiger partial charge in [0.2, 0.25) is 0 Å². The van der Waals surface area contributed by atoms with Gasteiger partial charge in [0.25, 0.3) is 0 Å². The van der Waals surface area contributed by atoms with Crippen molar-refractivity contribution in [3.8, 4) is 0 Å². The zero-order valence-electron chi connectivity index (χ0n) is 9.89. The van der Waals surface area contributed by atoms with Crippen molar-refractivity contribution in [1.82, 2.24) is 0 Å². The second-order valence-corrected chi connectivity index (χ2v) is 6.90. The number of hydrogen-bond acceptors (Lipinski definition) is 0. The van der Waals surface area contributed by atoms with E-state index >= 15 is 0 Å². The molecule has 0 aliphatic heterocycles. The van der Waals surface area contributed by atoms with Gasteiger partial charge in [0.1, 0.15) is 0 Å². The van der Waals surface area contributed by atoms with Crippen LogP contribution in [0.4, 0.5) is 0 Å². The minimum atomic E-state index is 0.104. The number of allylic oxidation sites excluding steroid dienone is 3. The van der Waals surface area contributed by atoms with E-state index in [1.54, 1.807) is 0 Å². The first-order valence-corrected chi connectivity index (χ1v) is 6.03. The van der Waals surface area contributed by atoms with E-state index in [0.29, 0.717) is 5.92 Å². The molecule has 0 radical (unpaired) electrons. The lowest BCUT2D eigenvalue weighted by atomic mass is 9.51. The summed E-state index contributed by atoms with van der Waals surface area (Å²) in [5.41, 5.74) is 0.302. The van der Waals surface area contributed by atoms with Gasteiger partial charge in [-0.05, 0) is 18.3 Å². The molecule has 0 saturated carbocycles. The molecule has 0 aromatic rings. The first kappa shape index (κ1) is 12.0. The highest BCUT2D eigenvalue weighted by molar-refractivity contribution is 9.10. The van der Waals surface area contributed by atoms with E-state index in [-0.39, 0.29) is 15.2 Å². The van der Waals surface area contributed by atoms with Crippen LogP contribution in [0.15, 0.2) is 24.8 Å². The largest absolute Gasteiger partial charge is 0.102 e. The van der Waals surface area contributed by atoms with Crippen LogP contribution in [0.25, 0.3) is 0 Å². The van der Waals surface area contributed by atoms with E-state index in [2.05, 4.69) is 75.4 Å². The van der Waals surface area contributed by atoms with Gasteiger partial charge in [0.15, 0.2) is 0 Å². The first-order valence-electron chi connectivity index (χ1n) is 5.24. The van der Waals surface area contributed by atoms with E-state index in [4.69, 9.17) is 0 Å². The molecule has 80 valence electrons. The molecule has 1 aliphatic carbocycles. The van der Waals surface area contributed by atoms with E-state index in [1.807, 2.05) is 0 Å². The molecule has 2 unspecified atom stereocenters. The highest BCUT2D eigenvalue weighted by atomic mass is 79.9. The summed E-state index contributed by atoms with van der Waals surface area (Å²) in [4.78, 5) is 0. The van der Waals surface area contributed by atoms with E-state index in [1.165, 1.54) is 0 Å². The summed E-state index contributed by atoms with van der Waals surface area (Å²) in [6, 6.07) is 0. The molecule has 1 heteroatoms. The van der Waals surface area contributed by atoms with Crippen molar-refractivity contribution >= 4 is 15.9 Å². The normalized spacial score (nSPS) is 40.5. The Kier molecular flexibility index (Phi) is 2.78. The molecule has 0 aromatic carbocycles. The van der Waals surface area contributed by atoms with Crippen LogP contribution in [0.2, 0.25) is 0 Å². The van der Waals surface area contributed by atoms with Crippen molar-refractivity contribution in [2.24, 2.45) is 16.7 Å². The van der Waals surface area contributed by atoms with Crippen LogP contribution in [0.5, 0.6) is 0 Å². The average molecular weight is 257 g/mol. The van der Waals surface area contributed by atoms with Gasteiger partial charge in [-0.15, -0.1) is 6.58 Å². The second kappa shape index (κ2) is 3.23. The Balaban J connectivity index is 3.16. The van der Waals surface area contributed by atoms with Gasteiger partial charge < -0.3 is 0 Å². The van der Waals surface area contributed by atoms with Gasteiger partial charge in [0.05, 0.1) is 4.32 Å². The fourth-order valence-electron chi connectivity index (χ4n) is 2.32. The van der Waals surface area contributed by atoms with Crippen LogP contribution in [0.1, 0.15) is 34.6 Å². The van der Waals surface area contributed by atoms with Crippen LogP contribution in [-0.4, -0.2) is 4.32 Å².